The smallest absolute Gasteiger partial charge is 0.224 e. The number of carbonyl (C=O) groups excluding carboxylic acids is 1. The van der Waals surface area contributed by atoms with E-state index in [1.54, 1.807) is 4.90 Å². The van der Waals surface area contributed by atoms with Crippen LogP contribution in [0.2, 0.25) is 0 Å². The molecule has 6 heteroatoms. The van der Waals surface area contributed by atoms with Gasteiger partial charge in [-0.3, -0.25) is 4.79 Å². The summed E-state index contributed by atoms with van der Waals surface area (Å²) in [7, 11) is 0. The van der Waals surface area contributed by atoms with Crippen LogP contribution in [0.3, 0.4) is 0 Å². The van der Waals surface area contributed by atoms with Crippen LogP contribution in [-0.4, -0.2) is 23.4 Å². The number of halogens is 3. The highest BCUT2D eigenvalue weighted by molar-refractivity contribution is 5.85. The Balaban J connectivity index is 0.00000220. The van der Waals surface area contributed by atoms with Crippen molar-refractivity contribution in [2.24, 2.45) is 5.73 Å². The summed E-state index contributed by atoms with van der Waals surface area (Å²) >= 11 is 0. The fourth-order valence-electron chi connectivity index (χ4n) is 2.76. The van der Waals surface area contributed by atoms with E-state index < -0.39 is 11.6 Å². The van der Waals surface area contributed by atoms with E-state index in [0.717, 1.165) is 25.7 Å². The first-order chi connectivity index (χ1) is 9.63. The van der Waals surface area contributed by atoms with Crippen LogP contribution < -0.4 is 5.73 Å². The average Bonchev–Trinajstić information content (AvgIpc) is 2.92. The number of rotatable bonds is 5. The summed E-state index contributed by atoms with van der Waals surface area (Å²) in [6, 6.07) is 3.85. The molecule has 21 heavy (non-hydrogen) atoms. The Kier molecular flexibility index (Phi) is 7.05. The largest absolute Gasteiger partial charge is 0.335 e. The first-order valence-electron chi connectivity index (χ1n) is 7.06. The van der Waals surface area contributed by atoms with E-state index in [2.05, 4.69) is 0 Å². The van der Waals surface area contributed by atoms with Crippen LogP contribution in [0.5, 0.6) is 0 Å². The third-order valence-corrected chi connectivity index (χ3v) is 3.83. The summed E-state index contributed by atoms with van der Waals surface area (Å²) in [5.74, 6) is -1.33. The van der Waals surface area contributed by atoms with E-state index in [1.165, 1.54) is 18.2 Å². The van der Waals surface area contributed by atoms with Gasteiger partial charge in [0.1, 0.15) is 11.6 Å². The molecule has 2 N–H and O–H groups in total. The Hall–Kier alpha value is -1.20. The van der Waals surface area contributed by atoms with Crippen molar-refractivity contribution in [2.75, 3.05) is 6.54 Å². The molecule has 118 valence electrons. The lowest BCUT2D eigenvalue weighted by Crippen LogP contribution is -2.39. The van der Waals surface area contributed by atoms with E-state index in [1.807, 2.05) is 0 Å². The summed E-state index contributed by atoms with van der Waals surface area (Å²) in [4.78, 5) is 13.8. The van der Waals surface area contributed by atoms with Crippen LogP contribution in [-0.2, 0) is 11.3 Å². The second kappa shape index (κ2) is 8.29. The lowest BCUT2D eigenvalue weighted by Gasteiger charge is -2.29. The molecule has 1 aliphatic rings. The zero-order valence-corrected chi connectivity index (χ0v) is 12.7. The predicted molar refractivity (Wildman–Crippen MR) is 80.1 cm³/mol. The van der Waals surface area contributed by atoms with Gasteiger partial charge >= 0.3 is 0 Å². The molecular weight excluding hydrogens is 298 g/mol. The highest BCUT2D eigenvalue weighted by atomic mass is 35.5. The molecule has 0 unspecified atom stereocenters. The number of hydrogen-bond acceptors (Lipinski definition) is 2. The van der Waals surface area contributed by atoms with Crippen molar-refractivity contribution in [3.63, 3.8) is 0 Å². The first kappa shape index (κ1) is 17.9. The van der Waals surface area contributed by atoms with E-state index in [4.69, 9.17) is 5.73 Å². The van der Waals surface area contributed by atoms with Crippen molar-refractivity contribution < 1.29 is 13.6 Å². The van der Waals surface area contributed by atoms with Crippen LogP contribution >= 0.6 is 12.4 Å². The zero-order chi connectivity index (χ0) is 14.5. The van der Waals surface area contributed by atoms with Gasteiger partial charge in [-0.2, -0.15) is 0 Å². The normalized spacial score (nSPS) is 14.8. The Labute approximate surface area is 129 Å². The standard InChI is InChI=1S/C15H20F2N2O.ClH/c16-13-6-3-7-14(17)12(13)10-19(15(20)8-9-18)11-4-1-2-5-11;/h3,6-7,11H,1-2,4-5,8-10,18H2;1H. The molecule has 0 aromatic heterocycles. The molecule has 0 spiro atoms. The predicted octanol–water partition coefficient (Wildman–Crippen LogP) is 3.01. The van der Waals surface area contributed by atoms with Gasteiger partial charge in [-0.05, 0) is 25.0 Å². The summed E-state index contributed by atoms with van der Waals surface area (Å²) in [5.41, 5.74) is 5.39. The van der Waals surface area contributed by atoms with Gasteiger partial charge in [0.25, 0.3) is 0 Å². The van der Waals surface area contributed by atoms with E-state index >= 15 is 0 Å². The molecule has 1 fully saturated rings. The Morgan fingerprint density at radius 1 is 1.24 bits per heavy atom. The molecule has 0 radical (unpaired) electrons. The summed E-state index contributed by atoms with van der Waals surface area (Å²) < 4.78 is 27.5. The third-order valence-electron chi connectivity index (χ3n) is 3.83. The van der Waals surface area contributed by atoms with Crippen molar-refractivity contribution >= 4 is 18.3 Å². The topological polar surface area (TPSA) is 46.3 Å². The molecule has 0 bridgehead atoms. The molecule has 1 aliphatic carbocycles. The highest BCUT2D eigenvalue weighted by Crippen LogP contribution is 2.26. The van der Waals surface area contributed by atoms with Gasteiger partial charge in [0.05, 0.1) is 6.54 Å². The third kappa shape index (κ3) is 4.38. The van der Waals surface area contributed by atoms with Gasteiger partial charge in [0, 0.05) is 24.6 Å². The molecule has 3 nitrogen and oxygen atoms in total. The number of hydrogen-bond donors (Lipinski definition) is 1. The van der Waals surface area contributed by atoms with Crippen molar-refractivity contribution in [2.45, 2.75) is 44.7 Å². The Morgan fingerprint density at radius 3 is 2.33 bits per heavy atom. The maximum atomic E-state index is 13.7. The van der Waals surface area contributed by atoms with E-state index in [0.29, 0.717) is 0 Å². The number of nitrogens with two attached hydrogens (primary N) is 1. The number of nitrogens with zero attached hydrogens (tertiary/aromatic N) is 1. The van der Waals surface area contributed by atoms with Crippen LogP contribution in [0.4, 0.5) is 8.78 Å². The minimum absolute atomic E-state index is 0. The van der Waals surface area contributed by atoms with Crippen molar-refractivity contribution in [3.8, 4) is 0 Å². The molecule has 0 atom stereocenters. The minimum Gasteiger partial charge on any atom is -0.335 e. The van der Waals surface area contributed by atoms with Gasteiger partial charge < -0.3 is 10.6 Å². The SMILES string of the molecule is Cl.NCCC(=O)N(Cc1c(F)cccc1F)C1CCCC1. The fraction of sp³-hybridized carbons (Fsp3) is 0.533. The molecule has 0 saturated heterocycles. The van der Waals surface area contributed by atoms with Crippen molar-refractivity contribution in [1.82, 2.24) is 4.90 Å². The molecule has 1 saturated carbocycles. The van der Waals surface area contributed by atoms with Gasteiger partial charge in [-0.15, -0.1) is 12.4 Å². The van der Waals surface area contributed by atoms with Gasteiger partial charge in [-0.25, -0.2) is 8.78 Å². The van der Waals surface area contributed by atoms with Gasteiger partial charge in [0.2, 0.25) is 5.91 Å². The number of amides is 1. The average molecular weight is 319 g/mol. The summed E-state index contributed by atoms with van der Waals surface area (Å²) in [5, 5.41) is 0. The highest BCUT2D eigenvalue weighted by Gasteiger charge is 2.27. The van der Waals surface area contributed by atoms with Crippen molar-refractivity contribution in [3.05, 3.63) is 35.4 Å². The Morgan fingerprint density at radius 2 is 1.81 bits per heavy atom. The maximum absolute atomic E-state index is 13.7. The zero-order valence-electron chi connectivity index (χ0n) is 11.9. The van der Waals surface area contributed by atoms with Gasteiger partial charge in [-0.1, -0.05) is 18.9 Å². The van der Waals surface area contributed by atoms with Crippen LogP contribution in [0.15, 0.2) is 18.2 Å². The van der Waals surface area contributed by atoms with Crippen LogP contribution in [0, 0.1) is 11.6 Å². The number of benzene rings is 1. The molecule has 1 amide bonds. The monoisotopic (exact) mass is 318 g/mol. The molecule has 2 rings (SSSR count). The number of carbonyl (C=O) groups is 1. The summed E-state index contributed by atoms with van der Waals surface area (Å²) in [6.07, 6.45) is 4.11. The molecule has 0 heterocycles. The quantitative estimate of drug-likeness (QED) is 0.907. The lowest BCUT2D eigenvalue weighted by atomic mass is 10.1. The first-order valence-corrected chi connectivity index (χ1v) is 7.06. The van der Waals surface area contributed by atoms with Crippen LogP contribution in [0.1, 0.15) is 37.7 Å². The molecular formula is C15H21ClF2N2O. The molecule has 1 aromatic carbocycles. The second-order valence-corrected chi connectivity index (χ2v) is 5.20. The van der Waals surface area contributed by atoms with Crippen LogP contribution in [0.25, 0.3) is 0 Å². The molecule has 0 aliphatic heterocycles. The second-order valence-electron chi connectivity index (χ2n) is 5.20. The van der Waals surface area contributed by atoms with E-state index in [-0.39, 0.29) is 49.4 Å². The maximum Gasteiger partial charge on any atom is 0.224 e. The summed E-state index contributed by atoms with van der Waals surface area (Å²) in [6.45, 7) is 0.240. The van der Waals surface area contributed by atoms with Gasteiger partial charge in [0.15, 0.2) is 0 Å². The minimum atomic E-state index is -0.603. The van der Waals surface area contributed by atoms with E-state index in [9.17, 15) is 13.6 Å². The fourth-order valence-corrected chi connectivity index (χ4v) is 2.76. The lowest BCUT2D eigenvalue weighted by molar-refractivity contribution is -0.134. The molecule has 1 aromatic rings. The van der Waals surface area contributed by atoms with Crippen molar-refractivity contribution in [1.29, 1.82) is 0 Å². The Bertz CT molecular complexity index is 458.